The van der Waals surface area contributed by atoms with Crippen molar-refractivity contribution in [2.45, 2.75) is 50.7 Å². The molecule has 2 aliphatic rings. The van der Waals surface area contributed by atoms with Gasteiger partial charge in [-0.15, -0.1) is 0 Å². The molecule has 0 aromatic heterocycles. The van der Waals surface area contributed by atoms with Crippen molar-refractivity contribution in [2.24, 2.45) is 11.1 Å². The molecule has 2 fully saturated rings. The van der Waals surface area contributed by atoms with Crippen molar-refractivity contribution in [3.63, 3.8) is 0 Å². The second-order valence-electron chi connectivity index (χ2n) is 5.91. The molecule has 2 heterocycles. The molecule has 2 aliphatic heterocycles. The van der Waals surface area contributed by atoms with Crippen LogP contribution in [0.3, 0.4) is 0 Å². The van der Waals surface area contributed by atoms with Gasteiger partial charge in [-0.3, -0.25) is 0 Å². The van der Waals surface area contributed by atoms with Gasteiger partial charge >= 0.3 is 0 Å². The Labute approximate surface area is 125 Å². The largest absolute Gasteiger partial charge is 0.399 e. The van der Waals surface area contributed by atoms with E-state index in [1.165, 1.54) is 5.56 Å². The van der Waals surface area contributed by atoms with Gasteiger partial charge in [-0.1, -0.05) is 24.2 Å². The van der Waals surface area contributed by atoms with E-state index in [0.717, 1.165) is 31.4 Å². The molecule has 1 unspecified atom stereocenters. The zero-order valence-corrected chi connectivity index (χ0v) is 12.6. The third kappa shape index (κ3) is 2.82. The number of oxime groups is 1. The lowest BCUT2D eigenvalue weighted by molar-refractivity contribution is -0.0249. The molecule has 1 aromatic carbocycles. The van der Waals surface area contributed by atoms with Gasteiger partial charge < -0.3 is 9.57 Å². The second kappa shape index (κ2) is 6.14. The van der Waals surface area contributed by atoms with Gasteiger partial charge in [0.1, 0.15) is 12.9 Å². The summed E-state index contributed by atoms with van der Waals surface area (Å²) in [5.74, 6) is 0.386. The van der Waals surface area contributed by atoms with E-state index in [2.05, 4.69) is 12.1 Å². The van der Waals surface area contributed by atoms with Crippen LogP contribution in [0.25, 0.3) is 0 Å². The SMILES string of the molecule is CCC(=NOC)[C@@H]1[C@@H]2CCC(C[C@H]1c1ccc(F)cc1)O2. The Morgan fingerprint density at radius 1 is 1.33 bits per heavy atom. The van der Waals surface area contributed by atoms with Crippen molar-refractivity contribution in [1.29, 1.82) is 0 Å². The Morgan fingerprint density at radius 3 is 2.76 bits per heavy atom. The first-order chi connectivity index (χ1) is 10.2. The number of fused-ring (bicyclic) bond motifs is 2. The summed E-state index contributed by atoms with van der Waals surface area (Å²) in [6.07, 6.45) is 4.57. The Kier molecular flexibility index (Phi) is 4.24. The molecule has 114 valence electrons. The maximum atomic E-state index is 13.2. The van der Waals surface area contributed by atoms with Gasteiger partial charge in [-0.2, -0.15) is 0 Å². The van der Waals surface area contributed by atoms with E-state index in [1.807, 2.05) is 12.1 Å². The third-order valence-electron chi connectivity index (χ3n) is 4.74. The minimum Gasteiger partial charge on any atom is -0.399 e. The molecule has 0 spiro atoms. The fourth-order valence-corrected chi connectivity index (χ4v) is 3.84. The van der Waals surface area contributed by atoms with Crippen LogP contribution in [0, 0.1) is 11.7 Å². The Morgan fingerprint density at radius 2 is 2.10 bits per heavy atom. The minimum absolute atomic E-state index is 0.188. The van der Waals surface area contributed by atoms with E-state index in [-0.39, 0.29) is 17.8 Å². The van der Waals surface area contributed by atoms with Crippen molar-refractivity contribution in [1.82, 2.24) is 0 Å². The van der Waals surface area contributed by atoms with Crippen LogP contribution in [-0.2, 0) is 9.57 Å². The predicted octanol–water partition coefficient (Wildman–Crippen LogP) is 3.89. The molecule has 2 saturated heterocycles. The summed E-state index contributed by atoms with van der Waals surface area (Å²) in [6, 6.07) is 6.89. The summed E-state index contributed by atoms with van der Waals surface area (Å²) in [6.45, 7) is 2.10. The summed E-state index contributed by atoms with van der Waals surface area (Å²) in [4.78, 5) is 5.03. The van der Waals surface area contributed by atoms with Crippen LogP contribution in [0.2, 0.25) is 0 Å². The van der Waals surface area contributed by atoms with Gasteiger partial charge in [-0.25, -0.2) is 4.39 Å². The van der Waals surface area contributed by atoms with Crippen LogP contribution in [-0.4, -0.2) is 25.0 Å². The van der Waals surface area contributed by atoms with Crippen LogP contribution in [0.4, 0.5) is 4.39 Å². The fraction of sp³-hybridized carbons (Fsp3) is 0.588. The number of hydrogen-bond acceptors (Lipinski definition) is 3. The van der Waals surface area contributed by atoms with E-state index in [4.69, 9.17) is 9.57 Å². The third-order valence-corrected chi connectivity index (χ3v) is 4.74. The Hall–Kier alpha value is -1.42. The molecular weight excluding hydrogens is 269 g/mol. The van der Waals surface area contributed by atoms with Crippen molar-refractivity contribution in [2.75, 3.05) is 7.11 Å². The average Bonchev–Trinajstić information content (AvgIpc) is 2.88. The second-order valence-corrected chi connectivity index (χ2v) is 5.91. The normalized spacial score (nSPS) is 32.2. The zero-order valence-electron chi connectivity index (χ0n) is 12.6. The first-order valence-corrected chi connectivity index (χ1v) is 7.73. The highest BCUT2D eigenvalue weighted by Crippen LogP contribution is 2.46. The van der Waals surface area contributed by atoms with E-state index in [0.29, 0.717) is 12.0 Å². The van der Waals surface area contributed by atoms with Crippen LogP contribution in [0.5, 0.6) is 0 Å². The van der Waals surface area contributed by atoms with Gasteiger partial charge in [0.05, 0.1) is 17.9 Å². The molecule has 0 radical (unpaired) electrons. The maximum absolute atomic E-state index is 13.2. The van der Waals surface area contributed by atoms with Gasteiger partial charge in [0, 0.05) is 5.92 Å². The van der Waals surface area contributed by atoms with E-state index < -0.39 is 0 Å². The lowest BCUT2D eigenvalue weighted by Gasteiger charge is -2.37. The smallest absolute Gasteiger partial charge is 0.123 e. The quantitative estimate of drug-likeness (QED) is 0.622. The Balaban J connectivity index is 1.95. The van der Waals surface area contributed by atoms with Crippen LogP contribution in [0.15, 0.2) is 29.4 Å². The van der Waals surface area contributed by atoms with Gasteiger partial charge in [0.25, 0.3) is 0 Å². The van der Waals surface area contributed by atoms with Crippen molar-refractivity contribution < 1.29 is 14.0 Å². The van der Waals surface area contributed by atoms with Gasteiger partial charge in [0.15, 0.2) is 0 Å². The predicted molar refractivity (Wildman–Crippen MR) is 79.9 cm³/mol. The van der Waals surface area contributed by atoms with E-state index >= 15 is 0 Å². The van der Waals surface area contributed by atoms with Crippen LogP contribution < -0.4 is 0 Å². The number of hydrogen-bond donors (Lipinski definition) is 0. The first kappa shape index (κ1) is 14.5. The fourth-order valence-electron chi connectivity index (χ4n) is 3.84. The molecule has 0 N–H and O–H groups in total. The molecule has 0 aliphatic carbocycles. The van der Waals surface area contributed by atoms with Crippen molar-refractivity contribution in [3.8, 4) is 0 Å². The number of halogens is 1. The average molecular weight is 291 g/mol. The van der Waals surface area contributed by atoms with Crippen LogP contribution >= 0.6 is 0 Å². The molecule has 1 aromatic rings. The highest BCUT2D eigenvalue weighted by molar-refractivity contribution is 5.87. The summed E-state index contributed by atoms with van der Waals surface area (Å²) < 4.78 is 19.3. The molecule has 3 nitrogen and oxygen atoms in total. The number of ether oxygens (including phenoxy) is 1. The van der Waals surface area contributed by atoms with E-state index in [1.54, 1.807) is 19.2 Å². The highest BCUT2D eigenvalue weighted by atomic mass is 19.1. The molecule has 3 rings (SSSR count). The monoisotopic (exact) mass is 291 g/mol. The van der Waals surface area contributed by atoms with Crippen LogP contribution in [0.1, 0.15) is 44.1 Å². The standard InChI is InChI=1S/C17H22FNO2/c1-3-15(19-20-2)17-14(10-13-8-9-16(17)21-13)11-4-6-12(18)7-5-11/h4-7,13-14,16-17H,3,8-10H2,1-2H3/t13?,14-,16-,17+/m0/s1. The maximum Gasteiger partial charge on any atom is 0.123 e. The molecule has 0 saturated carbocycles. The molecule has 4 atom stereocenters. The molecular formula is C17H22FNO2. The topological polar surface area (TPSA) is 30.8 Å². The summed E-state index contributed by atoms with van der Waals surface area (Å²) >= 11 is 0. The molecule has 0 amide bonds. The summed E-state index contributed by atoms with van der Waals surface area (Å²) in [5, 5.41) is 4.24. The lowest BCUT2D eigenvalue weighted by atomic mass is 9.76. The molecule has 21 heavy (non-hydrogen) atoms. The minimum atomic E-state index is -0.188. The number of nitrogens with zero attached hydrogens (tertiary/aromatic N) is 1. The van der Waals surface area contributed by atoms with Crippen molar-refractivity contribution in [3.05, 3.63) is 35.6 Å². The molecule has 4 heteroatoms. The number of benzene rings is 1. The molecule has 2 bridgehead atoms. The van der Waals surface area contributed by atoms with Gasteiger partial charge in [0.2, 0.25) is 0 Å². The zero-order chi connectivity index (χ0) is 14.8. The lowest BCUT2D eigenvalue weighted by Crippen LogP contribution is -2.39. The van der Waals surface area contributed by atoms with Crippen molar-refractivity contribution >= 4 is 5.71 Å². The summed E-state index contributed by atoms with van der Waals surface area (Å²) in [5.41, 5.74) is 2.23. The highest BCUT2D eigenvalue weighted by Gasteiger charge is 2.45. The number of rotatable bonds is 4. The first-order valence-electron chi connectivity index (χ1n) is 7.73. The Bertz CT molecular complexity index is 514. The van der Waals surface area contributed by atoms with E-state index in [9.17, 15) is 4.39 Å². The summed E-state index contributed by atoms with van der Waals surface area (Å²) in [7, 11) is 1.59. The van der Waals surface area contributed by atoms with Gasteiger partial charge in [-0.05, 0) is 49.3 Å².